The van der Waals surface area contributed by atoms with Crippen LogP contribution >= 0.6 is 39.9 Å². The molecule has 2 rings (SSSR count). The van der Waals surface area contributed by atoms with E-state index in [0.717, 1.165) is 30.6 Å². The number of halogens is 1. The van der Waals surface area contributed by atoms with Crippen molar-refractivity contribution in [3.8, 4) is 0 Å². The van der Waals surface area contributed by atoms with Crippen LogP contribution in [0.2, 0.25) is 0 Å². The smallest absolute Gasteiger partial charge is 0.247 e. The van der Waals surface area contributed by atoms with Gasteiger partial charge in [-0.25, -0.2) is 0 Å². The number of nitrogen functional groups attached to an aromatic ring is 1. The zero-order valence-electron chi connectivity index (χ0n) is 10.4. The van der Waals surface area contributed by atoms with Gasteiger partial charge in [0.05, 0.1) is 13.2 Å². The number of hydrogen-bond acceptors (Lipinski definition) is 7. The number of alkyl halides is 1. The first-order valence-electron chi connectivity index (χ1n) is 6.00. The molecule has 106 valence electrons. The van der Waals surface area contributed by atoms with Crippen LogP contribution in [-0.2, 0) is 4.74 Å². The predicted molar refractivity (Wildman–Crippen MR) is 86.3 cm³/mol. The van der Waals surface area contributed by atoms with E-state index in [1.807, 2.05) is 0 Å². The standard InChI is InChI=1S/C10H16BrN5OS2/c11-2-1-7-19-10(18)16-8(12)13-9(14-16)15-3-5-17-6-4-15/h1-7H2,(H2,12,13,14). The van der Waals surface area contributed by atoms with Crippen molar-refractivity contribution in [2.24, 2.45) is 0 Å². The summed E-state index contributed by atoms with van der Waals surface area (Å²) in [7, 11) is 0. The van der Waals surface area contributed by atoms with Gasteiger partial charge in [-0.05, 0) is 6.42 Å². The van der Waals surface area contributed by atoms with Gasteiger partial charge in [-0.3, -0.25) is 0 Å². The van der Waals surface area contributed by atoms with Crippen molar-refractivity contribution in [1.82, 2.24) is 14.8 Å². The molecule has 0 atom stereocenters. The van der Waals surface area contributed by atoms with Crippen LogP contribution in [0.15, 0.2) is 0 Å². The van der Waals surface area contributed by atoms with Crippen LogP contribution in [0.25, 0.3) is 0 Å². The third-order valence-electron chi connectivity index (χ3n) is 2.59. The maximum atomic E-state index is 5.87. The molecule has 2 N–H and O–H groups in total. The molecule has 19 heavy (non-hydrogen) atoms. The Balaban J connectivity index is 2.01. The predicted octanol–water partition coefficient (Wildman–Crippen LogP) is 1.35. The number of nitrogens with two attached hydrogens (primary N) is 1. The first kappa shape index (κ1) is 15.0. The topological polar surface area (TPSA) is 69.2 Å². The zero-order valence-corrected chi connectivity index (χ0v) is 13.6. The molecule has 1 aromatic rings. The lowest BCUT2D eigenvalue weighted by Gasteiger charge is -2.25. The van der Waals surface area contributed by atoms with Gasteiger partial charge in [0, 0.05) is 24.2 Å². The van der Waals surface area contributed by atoms with Crippen LogP contribution in [0, 0.1) is 0 Å². The lowest BCUT2D eigenvalue weighted by Crippen LogP contribution is -2.37. The number of thiocarbonyl (C=S) groups is 1. The van der Waals surface area contributed by atoms with Gasteiger partial charge in [-0.15, -0.1) is 5.10 Å². The molecule has 2 heterocycles. The van der Waals surface area contributed by atoms with Crippen molar-refractivity contribution < 1.29 is 4.74 Å². The Hall–Kier alpha value is -0.380. The third-order valence-corrected chi connectivity index (χ3v) is 4.59. The fourth-order valence-electron chi connectivity index (χ4n) is 1.62. The largest absolute Gasteiger partial charge is 0.378 e. The van der Waals surface area contributed by atoms with Gasteiger partial charge in [-0.2, -0.15) is 9.67 Å². The number of ether oxygens (including phenoxy) is 1. The number of morpholine rings is 1. The highest BCUT2D eigenvalue weighted by Crippen LogP contribution is 2.17. The van der Waals surface area contributed by atoms with Crippen molar-refractivity contribution in [3.05, 3.63) is 0 Å². The molecule has 0 aliphatic carbocycles. The van der Waals surface area contributed by atoms with Gasteiger partial charge in [0.25, 0.3) is 0 Å². The van der Waals surface area contributed by atoms with Crippen LogP contribution in [0.3, 0.4) is 0 Å². The summed E-state index contributed by atoms with van der Waals surface area (Å²) in [6, 6.07) is 0. The number of hydrogen-bond donors (Lipinski definition) is 1. The normalized spacial score (nSPS) is 15.7. The summed E-state index contributed by atoms with van der Waals surface area (Å²) >= 11 is 10.3. The van der Waals surface area contributed by atoms with Crippen molar-refractivity contribution in [1.29, 1.82) is 0 Å². The molecule has 0 radical (unpaired) electrons. The van der Waals surface area contributed by atoms with Gasteiger partial charge in [-0.1, -0.05) is 39.9 Å². The van der Waals surface area contributed by atoms with Crippen LogP contribution < -0.4 is 10.6 Å². The van der Waals surface area contributed by atoms with E-state index in [4.69, 9.17) is 22.7 Å². The Morgan fingerprint density at radius 2 is 2.21 bits per heavy atom. The van der Waals surface area contributed by atoms with Crippen LogP contribution in [-0.4, -0.2) is 56.5 Å². The number of nitrogens with zero attached hydrogens (tertiary/aromatic N) is 4. The minimum absolute atomic E-state index is 0.345. The first-order chi connectivity index (χ1) is 9.22. The Morgan fingerprint density at radius 3 is 2.89 bits per heavy atom. The zero-order chi connectivity index (χ0) is 13.7. The number of anilines is 2. The fraction of sp³-hybridized carbons (Fsp3) is 0.700. The van der Waals surface area contributed by atoms with E-state index in [9.17, 15) is 0 Å². The second-order valence-corrected chi connectivity index (χ2v) is 6.46. The Bertz CT molecular complexity index is 436. The van der Waals surface area contributed by atoms with E-state index in [2.05, 4.69) is 30.9 Å². The van der Waals surface area contributed by atoms with Gasteiger partial charge < -0.3 is 15.4 Å². The van der Waals surface area contributed by atoms with Crippen LogP contribution in [0.4, 0.5) is 11.9 Å². The molecule has 6 nitrogen and oxygen atoms in total. The lowest BCUT2D eigenvalue weighted by molar-refractivity contribution is 0.122. The summed E-state index contributed by atoms with van der Waals surface area (Å²) in [5, 5.41) is 5.36. The number of aromatic nitrogens is 3. The molecule has 9 heteroatoms. The monoisotopic (exact) mass is 365 g/mol. The molecule has 0 aromatic carbocycles. The summed E-state index contributed by atoms with van der Waals surface area (Å²) in [4.78, 5) is 6.33. The highest BCUT2D eigenvalue weighted by molar-refractivity contribution is 9.09. The second-order valence-electron chi connectivity index (χ2n) is 3.94. The summed E-state index contributed by atoms with van der Waals surface area (Å²) in [6.45, 7) is 2.96. The lowest BCUT2D eigenvalue weighted by atomic mass is 10.4. The van der Waals surface area contributed by atoms with Crippen LogP contribution in [0.5, 0.6) is 0 Å². The maximum absolute atomic E-state index is 5.87. The van der Waals surface area contributed by atoms with Crippen LogP contribution in [0.1, 0.15) is 6.42 Å². The summed E-state index contributed by atoms with van der Waals surface area (Å²) < 4.78 is 7.49. The minimum atomic E-state index is 0.345. The molecular formula is C10H16BrN5OS2. The van der Waals surface area contributed by atoms with E-state index in [1.165, 1.54) is 0 Å². The molecular weight excluding hydrogens is 350 g/mol. The third kappa shape index (κ3) is 4.04. The molecule has 1 aromatic heterocycles. The first-order valence-corrected chi connectivity index (χ1v) is 8.52. The quantitative estimate of drug-likeness (QED) is 0.490. The van der Waals surface area contributed by atoms with Crippen molar-refractivity contribution in [2.45, 2.75) is 6.42 Å². The van der Waals surface area contributed by atoms with E-state index >= 15 is 0 Å². The number of rotatable bonds is 4. The summed E-state index contributed by atoms with van der Waals surface area (Å²) in [5.74, 6) is 1.91. The highest BCUT2D eigenvalue weighted by atomic mass is 79.9. The molecule has 1 aliphatic heterocycles. The maximum Gasteiger partial charge on any atom is 0.247 e. The Labute approximate surface area is 130 Å². The van der Waals surface area contributed by atoms with E-state index in [0.29, 0.717) is 29.4 Å². The molecule has 0 amide bonds. The molecule has 1 aliphatic rings. The van der Waals surface area contributed by atoms with Gasteiger partial charge in [0.2, 0.25) is 11.9 Å². The molecule has 0 spiro atoms. The van der Waals surface area contributed by atoms with Gasteiger partial charge >= 0.3 is 0 Å². The van der Waals surface area contributed by atoms with Crippen molar-refractivity contribution in [3.63, 3.8) is 0 Å². The molecule has 1 fully saturated rings. The SMILES string of the molecule is Nc1nc(N2CCOCC2)nn1C(=S)SCCCBr. The highest BCUT2D eigenvalue weighted by Gasteiger charge is 2.18. The van der Waals surface area contributed by atoms with Crippen molar-refractivity contribution >= 4 is 56.1 Å². The average Bonchev–Trinajstić information content (AvgIpc) is 2.82. The minimum Gasteiger partial charge on any atom is -0.378 e. The van der Waals surface area contributed by atoms with Crippen molar-refractivity contribution in [2.75, 3.05) is 48.0 Å². The summed E-state index contributed by atoms with van der Waals surface area (Å²) in [5.41, 5.74) is 5.87. The van der Waals surface area contributed by atoms with Gasteiger partial charge in [0.1, 0.15) is 0 Å². The second kappa shape index (κ2) is 7.41. The van der Waals surface area contributed by atoms with E-state index in [1.54, 1.807) is 16.4 Å². The molecule has 0 saturated carbocycles. The van der Waals surface area contributed by atoms with Gasteiger partial charge in [0.15, 0.2) is 4.32 Å². The Kier molecular flexibility index (Phi) is 5.86. The molecule has 0 unspecified atom stereocenters. The van der Waals surface area contributed by atoms with E-state index < -0.39 is 0 Å². The average molecular weight is 366 g/mol. The Morgan fingerprint density at radius 1 is 1.47 bits per heavy atom. The molecule has 0 bridgehead atoms. The number of thioether (sulfide) groups is 1. The fourth-order valence-corrected chi connectivity index (χ4v) is 3.38. The summed E-state index contributed by atoms with van der Waals surface area (Å²) in [6.07, 6.45) is 1.05. The molecule has 1 saturated heterocycles. The van der Waals surface area contributed by atoms with E-state index in [-0.39, 0.29) is 0 Å².